The van der Waals surface area contributed by atoms with Gasteiger partial charge < -0.3 is 19.7 Å². The second-order valence-corrected chi connectivity index (χ2v) is 14.2. The predicted octanol–water partition coefficient (Wildman–Crippen LogP) is 5.61. The monoisotopic (exact) mass is 673 g/mol. The molecule has 0 aliphatic heterocycles. The Hall–Kier alpha value is -3.57. The Morgan fingerprint density at radius 3 is 2.12 bits per heavy atom. The molecule has 0 saturated carbocycles. The Labute approximate surface area is 263 Å². The van der Waals surface area contributed by atoms with E-state index in [9.17, 15) is 18.0 Å². The van der Waals surface area contributed by atoms with E-state index in [1.165, 1.54) is 37.3 Å². The number of hydrogen-bond acceptors (Lipinski definition) is 6. The molecule has 0 radical (unpaired) electrons. The number of amides is 2. The van der Waals surface area contributed by atoms with Gasteiger partial charge in [-0.25, -0.2) is 8.42 Å². The molecular weight excluding hydrogens is 634 g/mol. The maximum Gasteiger partial charge on any atom is 0.264 e. The van der Waals surface area contributed by atoms with Crippen molar-refractivity contribution < 1.29 is 27.5 Å². The fourth-order valence-electron chi connectivity index (χ4n) is 4.62. The van der Waals surface area contributed by atoms with Gasteiger partial charge in [0.05, 0.1) is 24.8 Å². The molecule has 0 aliphatic rings. The third-order valence-electron chi connectivity index (χ3n) is 6.62. The number of methoxy groups -OCH3 is 2. The maximum absolute atomic E-state index is 14.2. The van der Waals surface area contributed by atoms with Gasteiger partial charge in [0.15, 0.2) is 11.5 Å². The first-order valence-electron chi connectivity index (χ1n) is 13.7. The molecule has 232 valence electrons. The number of rotatable bonds is 11. The molecule has 11 heteroatoms. The lowest BCUT2D eigenvalue weighted by Gasteiger charge is -2.33. The second kappa shape index (κ2) is 13.8. The van der Waals surface area contributed by atoms with Crippen molar-refractivity contribution in [1.82, 2.24) is 10.2 Å². The van der Waals surface area contributed by atoms with E-state index in [1.54, 1.807) is 19.1 Å². The van der Waals surface area contributed by atoms with Crippen LogP contribution in [-0.2, 0) is 26.2 Å². The molecule has 9 nitrogen and oxygen atoms in total. The highest BCUT2D eigenvalue weighted by Gasteiger charge is 2.34. The number of carbonyl (C=O) groups excluding carboxylic acids is 2. The number of benzene rings is 3. The minimum Gasteiger partial charge on any atom is -0.493 e. The summed E-state index contributed by atoms with van der Waals surface area (Å²) in [7, 11) is -1.40. The topological polar surface area (TPSA) is 105 Å². The first kappa shape index (κ1) is 33.9. The lowest BCUT2D eigenvalue weighted by molar-refractivity contribution is -0.140. The SMILES string of the molecule is COc1ccc(S(=O)(=O)N(CC(=O)N(Cc2cccc(Br)c2)[C@@H](C)C(=O)NC(C)(C)C)c2cc(C)cc(C)c2)cc1OC. The third-order valence-corrected chi connectivity index (χ3v) is 8.89. The van der Waals surface area contributed by atoms with Gasteiger partial charge in [-0.1, -0.05) is 34.1 Å². The Kier molecular flexibility index (Phi) is 10.9. The molecule has 3 aromatic rings. The van der Waals surface area contributed by atoms with Crippen LogP contribution in [0.1, 0.15) is 44.4 Å². The van der Waals surface area contributed by atoms with Crippen LogP contribution in [-0.4, -0.2) is 57.5 Å². The van der Waals surface area contributed by atoms with Crippen molar-refractivity contribution in [3.05, 3.63) is 81.8 Å². The Balaban J connectivity index is 2.12. The minimum absolute atomic E-state index is 0.0748. The zero-order valence-corrected chi connectivity index (χ0v) is 28.3. The molecule has 43 heavy (non-hydrogen) atoms. The van der Waals surface area contributed by atoms with Gasteiger partial charge in [0.1, 0.15) is 12.6 Å². The van der Waals surface area contributed by atoms with Crippen LogP contribution in [0.2, 0.25) is 0 Å². The van der Waals surface area contributed by atoms with Crippen LogP contribution in [0, 0.1) is 13.8 Å². The van der Waals surface area contributed by atoms with Crippen LogP contribution in [0.15, 0.2) is 70.0 Å². The van der Waals surface area contributed by atoms with Crippen molar-refractivity contribution in [2.24, 2.45) is 0 Å². The summed E-state index contributed by atoms with van der Waals surface area (Å²) in [5.41, 5.74) is 2.24. The minimum atomic E-state index is -4.29. The molecule has 0 saturated heterocycles. The van der Waals surface area contributed by atoms with Crippen molar-refractivity contribution >= 4 is 43.5 Å². The average Bonchev–Trinajstić information content (AvgIpc) is 2.92. The molecular formula is C32H40BrN3O6S. The molecule has 0 aromatic heterocycles. The maximum atomic E-state index is 14.2. The number of aryl methyl sites for hydroxylation is 2. The lowest BCUT2D eigenvalue weighted by atomic mass is 10.1. The molecule has 3 rings (SSSR count). The first-order valence-corrected chi connectivity index (χ1v) is 16.0. The van der Waals surface area contributed by atoms with E-state index in [2.05, 4.69) is 21.2 Å². The molecule has 0 spiro atoms. The number of halogens is 1. The molecule has 0 aliphatic carbocycles. The van der Waals surface area contributed by atoms with E-state index in [0.717, 1.165) is 25.5 Å². The van der Waals surface area contributed by atoms with E-state index in [0.29, 0.717) is 11.4 Å². The van der Waals surface area contributed by atoms with Crippen molar-refractivity contribution in [3.8, 4) is 11.5 Å². The van der Waals surface area contributed by atoms with Crippen LogP contribution >= 0.6 is 15.9 Å². The number of carbonyl (C=O) groups is 2. The Morgan fingerprint density at radius 2 is 1.56 bits per heavy atom. The summed E-state index contributed by atoms with van der Waals surface area (Å²) in [6.07, 6.45) is 0. The van der Waals surface area contributed by atoms with Crippen LogP contribution in [0.4, 0.5) is 5.69 Å². The highest BCUT2D eigenvalue weighted by molar-refractivity contribution is 9.10. The van der Waals surface area contributed by atoms with E-state index < -0.39 is 34.1 Å². The van der Waals surface area contributed by atoms with Crippen molar-refractivity contribution in [1.29, 1.82) is 0 Å². The lowest BCUT2D eigenvalue weighted by Crippen LogP contribution is -2.54. The molecule has 0 bridgehead atoms. The number of ether oxygens (including phenoxy) is 2. The number of anilines is 1. The van der Waals surface area contributed by atoms with Gasteiger partial charge in [-0.3, -0.25) is 13.9 Å². The highest BCUT2D eigenvalue weighted by atomic mass is 79.9. The highest BCUT2D eigenvalue weighted by Crippen LogP contribution is 2.33. The summed E-state index contributed by atoms with van der Waals surface area (Å²) in [5.74, 6) is -0.287. The number of hydrogen-bond donors (Lipinski definition) is 1. The average molecular weight is 675 g/mol. The van der Waals surface area contributed by atoms with E-state index in [4.69, 9.17) is 9.47 Å². The number of sulfonamides is 1. The first-order chi connectivity index (χ1) is 20.0. The molecule has 1 N–H and O–H groups in total. The summed E-state index contributed by atoms with van der Waals surface area (Å²) >= 11 is 3.46. The summed E-state index contributed by atoms with van der Waals surface area (Å²) in [5, 5.41) is 2.93. The molecule has 3 aromatic carbocycles. The van der Waals surface area contributed by atoms with E-state index in [1.807, 2.05) is 65.0 Å². The fourth-order valence-corrected chi connectivity index (χ4v) is 6.48. The predicted molar refractivity (Wildman–Crippen MR) is 172 cm³/mol. The van der Waals surface area contributed by atoms with E-state index in [-0.39, 0.29) is 23.1 Å². The van der Waals surface area contributed by atoms with Crippen LogP contribution < -0.4 is 19.1 Å². The van der Waals surface area contributed by atoms with Gasteiger partial charge >= 0.3 is 0 Å². The van der Waals surface area contributed by atoms with E-state index >= 15 is 0 Å². The van der Waals surface area contributed by atoms with Crippen LogP contribution in [0.25, 0.3) is 0 Å². The molecule has 0 heterocycles. The zero-order chi connectivity index (χ0) is 32.1. The zero-order valence-electron chi connectivity index (χ0n) is 25.9. The summed E-state index contributed by atoms with van der Waals surface area (Å²) < 4.78 is 41.0. The summed E-state index contributed by atoms with van der Waals surface area (Å²) in [6.45, 7) is 10.5. The standard InChI is InChI=1S/C32H40BrN3O6S/c1-21-14-22(2)16-26(15-21)36(43(39,40)27-12-13-28(41-7)29(18-27)42-8)20-30(37)35(19-24-10-9-11-25(33)17-24)23(3)31(38)34-32(4,5)6/h9-18,23H,19-20H2,1-8H3,(H,34,38)/t23-/m0/s1. The van der Waals surface area contributed by atoms with Crippen molar-refractivity contribution in [2.75, 3.05) is 25.1 Å². The Bertz CT molecular complexity index is 1570. The molecule has 2 amide bonds. The van der Waals surface area contributed by atoms with Gasteiger partial charge in [0.2, 0.25) is 11.8 Å². The van der Waals surface area contributed by atoms with Gasteiger partial charge in [-0.15, -0.1) is 0 Å². The van der Waals surface area contributed by atoms with Crippen LogP contribution in [0.3, 0.4) is 0 Å². The number of nitrogens with zero attached hydrogens (tertiary/aromatic N) is 2. The Morgan fingerprint density at radius 1 is 0.930 bits per heavy atom. The van der Waals surface area contributed by atoms with Gasteiger partial charge in [-0.2, -0.15) is 0 Å². The third kappa shape index (κ3) is 8.73. The number of nitrogens with one attached hydrogen (secondary N) is 1. The quantitative estimate of drug-likeness (QED) is 0.284. The van der Waals surface area contributed by atoms with Crippen molar-refractivity contribution in [2.45, 2.75) is 64.6 Å². The largest absolute Gasteiger partial charge is 0.493 e. The fraction of sp³-hybridized carbons (Fsp3) is 0.375. The second-order valence-electron chi connectivity index (χ2n) is 11.4. The molecule has 1 atom stereocenters. The normalized spacial score (nSPS) is 12.3. The van der Waals surface area contributed by atoms with Crippen LogP contribution in [0.5, 0.6) is 11.5 Å². The summed E-state index contributed by atoms with van der Waals surface area (Å²) in [6, 6.07) is 16.2. The molecule has 0 unspecified atom stereocenters. The van der Waals surface area contributed by atoms with Gasteiger partial charge in [0.25, 0.3) is 10.0 Å². The van der Waals surface area contributed by atoms with Gasteiger partial charge in [0, 0.05) is 22.6 Å². The molecule has 0 fully saturated rings. The smallest absolute Gasteiger partial charge is 0.264 e. The van der Waals surface area contributed by atoms with Crippen molar-refractivity contribution in [3.63, 3.8) is 0 Å². The van der Waals surface area contributed by atoms with Gasteiger partial charge in [-0.05, 0) is 94.6 Å². The summed E-state index contributed by atoms with van der Waals surface area (Å²) in [4.78, 5) is 28.8.